The van der Waals surface area contributed by atoms with Crippen molar-refractivity contribution in [2.24, 2.45) is 0 Å². The van der Waals surface area contributed by atoms with E-state index in [1.807, 2.05) is 31.2 Å². The minimum atomic E-state index is -4.63. The van der Waals surface area contributed by atoms with Crippen LogP contribution in [-0.4, -0.2) is 21.0 Å². The fourth-order valence-electron chi connectivity index (χ4n) is 2.64. The molecule has 0 aliphatic carbocycles. The highest BCUT2D eigenvalue weighted by atomic mass is 35.5. The average molecular weight is 435 g/mol. The number of nitriles is 1. The van der Waals surface area contributed by atoms with Gasteiger partial charge in [0.15, 0.2) is 5.78 Å². The number of hydrogen-bond acceptors (Lipinski definition) is 6. The van der Waals surface area contributed by atoms with Gasteiger partial charge in [0.25, 0.3) is 0 Å². The molecule has 2 aromatic heterocycles. The Kier molecular flexibility index (Phi) is 6.17. The molecule has 30 heavy (non-hydrogen) atoms. The number of benzene rings is 1. The molecule has 10 heteroatoms. The first kappa shape index (κ1) is 21.5. The van der Waals surface area contributed by atoms with E-state index in [1.54, 1.807) is 6.07 Å². The highest BCUT2D eigenvalue weighted by Crippen LogP contribution is 2.33. The lowest BCUT2D eigenvalue weighted by molar-refractivity contribution is -0.137. The van der Waals surface area contributed by atoms with Crippen molar-refractivity contribution >= 4 is 17.4 Å². The van der Waals surface area contributed by atoms with Gasteiger partial charge >= 0.3 is 6.18 Å². The maximum absolute atomic E-state index is 12.7. The Bertz CT molecular complexity index is 1100. The predicted octanol–water partition coefficient (Wildman–Crippen LogP) is 4.92. The Morgan fingerprint density at radius 1 is 1.27 bits per heavy atom. The minimum absolute atomic E-state index is 0.0636. The van der Waals surface area contributed by atoms with E-state index in [0.29, 0.717) is 18.2 Å². The van der Waals surface area contributed by atoms with Gasteiger partial charge in [-0.1, -0.05) is 29.3 Å². The molecule has 3 rings (SSSR count). The minimum Gasteiger partial charge on any atom is -0.421 e. The molecule has 3 aromatic rings. The van der Waals surface area contributed by atoms with Crippen molar-refractivity contribution in [3.05, 3.63) is 64.3 Å². The summed E-state index contributed by atoms with van der Waals surface area (Å²) in [4.78, 5) is 16.1. The van der Waals surface area contributed by atoms with Crippen molar-refractivity contribution in [3.63, 3.8) is 0 Å². The molecule has 0 aliphatic heterocycles. The van der Waals surface area contributed by atoms with Crippen LogP contribution in [0.2, 0.25) is 5.02 Å². The third-order valence-electron chi connectivity index (χ3n) is 4.27. The molecule has 0 radical (unpaired) electrons. The maximum atomic E-state index is 12.7. The van der Waals surface area contributed by atoms with Gasteiger partial charge < -0.3 is 4.42 Å². The van der Waals surface area contributed by atoms with Gasteiger partial charge in [0.1, 0.15) is 5.92 Å². The smallest absolute Gasteiger partial charge is 0.417 e. The van der Waals surface area contributed by atoms with Crippen molar-refractivity contribution in [2.75, 3.05) is 0 Å². The zero-order chi connectivity index (χ0) is 21.9. The Labute approximate surface area is 174 Å². The molecule has 154 valence electrons. The second-order valence-corrected chi connectivity index (χ2v) is 6.89. The molecule has 0 N–H and O–H groups in total. The zero-order valence-corrected chi connectivity index (χ0v) is 16.3. The number of rotatable bonds is 6. The summed E-state index contributed by atoms with van der Waals surface area (Å²) in [5.74, 6) is -1.48. The third kappa shape index (κ3) is 4.83. The molecule has 0 saturated carbocycles. The monoisotopic (exact) mass is 434 g/mol. The Morgan fingerprint density at radius 3 is 2.57 bits per heavy atom. The van der Waals surface area contributed by atoms with E-state index in [-0.39, 0.29) is 24.4 Å². The van der Waals surface area contributed by atoms with Gasteiger partial charge in [-0.05, 0) is 25.1 Å². The normalized spacial score (nSPS) is 12.4. The fourth-order valence-corrected chi connectivity index (χ4v) is 2.92. The number of Topliss-reactive ketones (excluding diaryl/α,β-unsaturated/α-hetero) is 1. The van der Waals surface area contributed by atoms with E-state index >= 15 is 0 Å². The van der Waals surface area contributed by atoms with Crippen molar-refractivity contribution in [1.82, 2.24) is 15.2 Å². The lowest BCUT2D eigenvalue weighted by atomic mass is 9.97. The standard InChI is InChI=1S/C20H14ClF3N4O2/c1-11-2-4-12(5-3-11)19-28-27-17(30-19)7-6-16(29)14(9-25)18-15(21)8-13(10-26-18)20(22,23)24/h2-5,8,10,14H,6-7H2,1H3. The van der Waals surface area contributed by atoms with Crippen molar-refractivity contribution in [1.29, 1.82) is 5.26 Å². The van der Waals surface area contributed by atoms with Crippen molar-refractivity contribution in [2.45, 2.75) is 31.9 Å². The largest absolute Gasteiger partial charge is 0.421 e. The second kappa shape index (κ2) is 8.63. The Hall–Kier alpha value is -3.25. The highest BCUT2D eigenvalue weighted by Gasteiger charge is 2.33. The maximum Gasteiger partial charge on any atom is 0.417 e. The van der Waals surface area contributed by atoms with Crippen LogP contribution in [0.25, 0.3) is 11.5 Å². The average Bonchev–Trinajstić information content (AvgIpc) is 3.17. The van der Waals surface area contributed by atoms with Crippen molar-refractivity contribution < 1.29 is 22.4 Å². The molecule has 1 aromatic carbocycles. The number of ketones is 1. The molecule has 0 aliphatic rings. The SMILES string of the molecule is Cc1ccc(-c2nnc(CCC(=O)C(C#N)c3ncc(C(F)(F)F)cc3Cl)o2)cc1. The van der Waals surface area contributed by atoms with E-state index in [1.165, 1.54) is 0 Å². The first-order chi connectivity index (χ1) is 14.2. The summed E-state index contributed by atoms with van der Waals surface area (Å²) in [6.45, 7) is 1.94. The lowest BCUT2D eigenvalue weighted by Crippen LogP contribution is -2.15. The number of halogens is 4. The lowest BCUT2D eigenvalue weighted by Gasteiger charge is -2.12. The predicted molar refractivity (Wildman–Crippen MR) is 100 cm³/mol. The number of pyridine rings is 1. The van der Waals surface area contributed by atoms with E-state index in [4.69, 9.17) is 16.0 Å². The molecule has 1 unspecified atom stereocenters. The molecular formula is C20H14ClF3N4O2. The van der Waals surface area contributed by atoms with Crippen molar-refractivity contribution in [3.8, 4) is 17.5 Å². The molecule has 1 atom stereocenters. The molecule has 0 amide bonds. The summed E-state index contributed by atoms with van der Waals surface area (Å²) in [5.41, 5.74) is 0.515. The van der Waals surface area contributed by atoms with E-state index in [0.717, 1.165) is 11.1 Å². The van der Waals surface area contributed by atoms with Crippen LogP contribution in [-0.2, 0) is 17.4 Å². The molecule has 0 spiro atoms. The van der Waals surface area contributed by atoms with Crippen LogP contribution in [0, 0.1) is 18.3 Å². The number of nitrogens with zero attached hydrogens (tertiary/aromatic N) is 4. The second-order valence-electron chi connectivity index (χ2n) is 6.48. The number of aryl methyl sites for hydroxylation is 2. The Morgan fingerprint density at radius 2 is 1.97 bits per heavy atom. The van der Waals surface area contributed by atoms with Gasteiger partial charge in [-0.15, -0.1) is 10.2 Å². The molecule has 6 nitrogen and oxygen atoms in total. The van der Waals surface area contributed by atoms with E-state index in [2.05, 4.69) is 15.2 Å². The molecule has 0 saturated heterocycles. The van der Waals surface area contributed by atoms with Crippen LogP contribution in [0.15, 0.2) is 40.9 Å². The van der Waals surface area contributed by atoms with Crippen LogP contribution >= 0.6 is 11.6 Å². The number of aromatic nitrogens is 3. The van der Waals surface area contributed by atoms with Crippen LogP contribution in [0.1, 0.15) is 35.1 Å². The molecule has 0 fully saturated rings. The molecule has 2 heterocycles. The third-order valence-corrected chi connectivity index (χ3v) is 4.57. The topological polar surface area (TPSA) is 92.7 Å². The number of carbonyl (C=O) groups excluding carboxylic acids is 1. The van der Waals surface area contributed by atoms with Gasteiger partial charge in [-0.2, -0.15) is 18.4 Å². The van der Waals surface area contributed by atoms with Crippen LogP contribution < -0.4 is 0 Å². The van der Waals surface area contributed by atoms with E-state index in [9.17, 15) is 23.2 Å². The number of carbonyl (C=O) groups is 1. The van der Waals surface area contributed by atoms with Crippen LogP contribution in [0.5, 0.6) is 0 Å². The Balaban J connectivity index is 1.69. The van der Waals surface area contributed by atoms with E-state index < -0.39 is 28.5 Å². The summed E-state index contributed by atoms with van der Waals surface area (Å²) in [7, 11) is 0. The summed E-state index contributed by atoms with van der Waals surface area (Å²) in [5, 5.41) is 16.7. The summed E-state index contributed by atoms with van der Waals surface area (Å²) in [6, 6.07) is 9.81. The highest BCUT2D eigenvalue weighted by molar-refractivity contribution is 6.31. The summed E-state index contributed by atoms with van der Waals surface area (Å²) in [6.07, 6.45) is -4.17. The summed E-state index contributed by atoms with van der Waals surface area (Å²) >= 11 is 5.85. The van der Waals surface area contributed by atoms with Gasteiger partial charge in [0.05, 0.1) is 22.3 Å². The van der Waals surface area contributed by atoms with Gasteiger partial charge in [0, 0.05) is 24.6 Å². The van der Waals surface area contributed by atoms with Gasteiger partial charge in [-0.3, -0.25) is 9.78 Å². The zero-order valence-electron chi connectivity index (χ0n) is 15.6. The molecular weight excluding hydrogens is 421 g/mol. The molecule has 0 bridgehead atoms. The number of alkyl halides is 3. The van der Waals surface area contributed by atoms with Crippen LogP contribution in [0.4, 0.5) is 13.2 Å². The first-order valence-corrected chi connectivity index (χ1v) is 9.11. The van der Waals surface area contributed by atoms with Gasteiger partial charge in [0.2, 0.25) is 11.8 Å². The quantitative estimate of drug-likeness (QED) is 0.546. The first-order valence-electron chi connectivity index (χ1n) is 8.73. The number of hydrogen-bond donors (Lipinski definition) is 0. The van der Waals surface area contributed by atoms with Crippen LogP contribution in [0.3, 0.4) is 0 Å². The van der Waals surface area contributed by atoms with Gasteiger partial charge in [-0.25, -0.2) is 0 Å². The fraction of sp³-hybridized carbons (Fsp3) is 0.250. The summed E-state index contributed by atoms with van der Waals surface area (Å²) < 4.78 is 43.8.